The molecule has 100 valence electrons. The van der Waals surface area contributed by atoms with Crippen molar-refractivity contribution in [3.63, 3.8) is 0 Å². The van der Waals surface area contributed by atoms with Crippen molar-refractivity contribution in [2.45, 2.75) is 39.2 Å². The molecule has 0 aliphatic carbocycles. The number of carbonyl (C=O) groups is 4. The molecule has 1 saturated heterocycles. The van der Waals surface area contributed by atoms with Crippen LogP contribution < -0.4 is 5.32 Å². The van der Waals surface area contributed by atoms with Gasteiger partial charge in [-0.3, -0.25) is 24.6 Å². The third-order valence-electron chi connectivity index (χ3n) is 2.98. The zero-order chi connectivity index (χ0) is 13.9. The van der Waals surface area contributed by atoms with E-state index in [2.05, 4.69) is 5.32 Å². The van der Waals surface area contributed by atoms with Gasteiger partial charge in [0.2, 0.25) is 11.8 Å². The van der Waals surface area contributed by atoms with Crippen LogP contribution >= 0.6 is 0 Å². The molecule has 4 amide bonds. The third kappa shape index (κ3) is 2.85. The lowest BCUT2D eigenvalue weighted by Gasteiger charge is -2.33. The van der Waals surface area contributed by atoms with Gasteiger partial charge in [0.25, 0.3) is 0 Å². The van der Waals surface area contributed by atoms with Crippen LogP contribution in [0.4, 0.5) is 4.79 Å². The van der Waals surface area contributed by atoms with Crippen molar-refractivity contribution in [2.75, 3.05) is 0 Å². The molecule has 0 aromatic heterocycles. The quantitative estimate of drug-likeness (QED) is 0.690. The number of nitrogens with zero attached hydrogens (tertiary/aromatic N) is 1. The monoisotopic (exact) mass is 256 g/mol. The lowest BCUT2D eigenvalue weighted by molar-refractivity contribution is -0.144. The summed E-state index contributed by atoms with van der Waals surface area (Å²) in [5.41, 5.74) is 0. The SMILES string of the molecule is CCC(C)N1C(=O)NC(=O)C(CCC(=O)O)C1=O. The van der Waals surface area contributed by atoms with Crippen LogP contribution in [0, 0.1) is 5.92 Å². The zero-order valence-electron chi connectivity index (χ0n) is 10.3. The molecule has 0 bridgehead atoms. The van der Waals surface area contributed by atoms with Gasteiger partial charge in [0.15, 0.2) is 0 Å². The molecular weight excluding hydrogens is 240 g/mol. The normalized spacial score (nSPS) is 21.8. The van der Waals surface area contributed by atoms with E-state index in [1.54, 1.807) is 6.92 Å². The van der Waals surface area contributed by atoms with E-state index in [0.29, 0.717) is 6.42 Å². The number of imide groups is 2. The van der Waals surface area contributed by atoms with Gasteiger partial charge in [-0.1, -0.05) is 6.92 Å². The molecule has 7 nitrogen and oxygen atoms in total. The second kappa shape index (κ2) is 5.61. The van der Waals surface area contributed by atoms with Crippen molar-refractivity contribution < 1.29 is 24.3 Å². The topological polar surface area (TPSA) is 104 Å². The highest BCUT2D eigenvalue weighted by atomic mass is 16.4. The minimum atomic E-state index is -1.09. The summed E-state index contributed by atoms with van der Waals surface area (Å²) in [6.07, 6.45) is 0.186. The minimum absolute atomic E-state index is 0.0970. The molecule has 0 aromatic rings. The fourth-order valence-corrected chi connectivity index (χ4v) is 1.76. The molecule has 1 rings (SSSR count). The number of carboxylic acids is 1. The van der Waals surface area contributed by atoms with E-state index < -0.39 is 29.7 Å². The van der Waals surface area contributed by atoms with Gasteiger partial charge in [-0.15, -0.1) is 0 Å². The Kier molecular flexibility index (Phi) is 4.41. The van der Waals surface area contributed by atoms with Crippen LogP contribution in [0.3, 0.4) is 0 Å². The van der Waals surface area contributed by atoms with Crippen molar-refractivity contribution in [2.24, 2.45) is 5.92 Å². The van der Waals surface area contributed by atoms with Crippen LogP contribution in [0.1, 0.15) is 33.1 Å². The fourth-order valence-electron chi connectivity index (χ4n) is 1.76. The summed E-state index contributed by atoms with van der Waals surface area (Å²) in [5.74, 6) is -3.50. The molecule has 7 heteroatoms. The van der Waals surface area contributed by atoms with Crippen molar-refractivity contribution >= 4 is 23.8 Å². The molecule has 0 aromatic carbocycles. The molecule has 1 aliphatic heterocycles. The highest BCUT2D eigenvalue weighted by Crippen LogP contribution is 2.19. The van der Waals surface area contributed by atoms with Crippen molar-refractivity contribution in [3.05, 3.63) is 0 Å². The lowest BCUT2D eigenvalue weighted by Crippen LogP contribution is -2.60. The van der Waals surface area contributed by atoms with E-state index in [1.165, 1.54) is 0 Å². The number of hydrogen-bond donors (Lipinski definition) is 2. The molecule has 2 unspecified atom stereocenters. The molecule has 1 fully saturated rings. The van der Waals surface area contributed by atoms with Crippen molar-refractivity contribution in [1.82, 2.24) is 10.2 Å². The number of hydrogen-bond acceptors (Lipinski definition) is 4. The third-order valence-corrected chi connectivity index (χ3v) is 2.98. The maximum absolute atomic E-state index is 12.0. The summed E-state index contributed by atoms with van der Waals surface area (Å²) >= 11 is 0. The van der Waals surface area contributed by atoms with Gasteiger partial charge < -0.3 is 5.11 Å². The Morgan fingerprint density at radius 3 is 2.56 bits per heavy atom. The molecule has 0 radical (unpaired) electrons. The Labute approximate surface area is 104 Å². The van der Waals surface area contributed by atoms with Gasteiger partial charge in [-0.05, 0) is 19.8 Å². The van der Waals surface area contributed by atoms with Gasteiger partial charge in [0.05, 0.1) is 0 Å². The number of carboxylic acid groups (broad SMARTS) is 1. The van der Waals surface area contributed by atoms with Crippen LogP contribution in [-0.4, -0.2) is 39.9 Å². The number of amides is 4. The first-order valence-corrected chi connectivity index (χ1v) is 5.78. The predicted octanol–water partition coefficient (Wildman–Crippen LogP) is 0.344. The molecular formula is C11H16N2O5. The zero-order valence-corrected chi connectivity index (χ0v) is 10.3. The smallest absolute Gasteiger partial charge is 0.331 e. The van der Waals surface area contributed by atoms with E-state index in [4.69, 9.17) is 5.11 Å². The van der Waals surface area contributed by atoms with Crippen LogP contribution in [0.15, 0.2) is 0 Å². The Balaban J connectivity index is 2.85. The van der Waals surface area contributed by atoms with Crippen LogP contribution in [0.25, 0.3) is 0 Å². The van der Waals surface area contributed by atoms with Crippen LogP contribution in [0.5, 0.6) is 0 Å². The predicted molar refractivity (Wildman–Crippen MR) is 60.5 cm³/mol. The van der Waals surface area contributed by atoms with Crippen molar-refractivity contribution in [1.29, 1.82) is 0 Å². The Bertz CT molecular complexity index is 393. The van der Waals surface area contributed by atoms with E-state index in [-0.39, 0.29) is 18.9 Å². The second-order valence-corrected chi connectivity index (χ2v) is 4.24. The second-order valence-electron chi connectivity index (χ2n) is 4.24. The fraction of sp³-hybridized carbons (Fsp3) is 0.636. The van der Waals surface area contributed by atoms with Crippen LogP contribution in [-0.2, 0) is 14.4 Å². The highest BCUT2D eigenvalue weighted by molar-refractivity contribution is 6.16. The van der Waals surface area contributed by atoms with E-state index in [0.717, 1.165) is 4.90 Å². The number of carbonyl (C=O) groups excluding carboxylic acids is 3. The van der Waals surface area contributed by atoms with Gasteiger partial charge >= 0.3 is 12.0 Å². The molecule has 0 spiro atoms. The molecule has 1 heterocycles. The number of nitrogens with one attached hydrogen (secondary N) is 1. The lowest BCUT2D eigenvalue weighted by atomic mass is 9.97. The molecule has 18 heavy (non-hydrogen) atoms. The molecule has 2 N–H and O–H groups in total. The Hall–Kier alpha value is -1.92. The molecule has 1 aliphatic rings. The average molecular weight is 256 g/mol. The Morgan fingerprint density at radius 2 is 2.06 bits per heavy atom. The summed E-state index contributed by atoms with van der Waals surface area (Å²) in [6, 6.07) is -1.05. The first-order valence-electron chi connectivity index (χ1n) is 5.78. The summed E-state index contributed by atoms with van der Waals surface area (Å²) in [4.78, 5) is 46.5. The maximum Gasteiger partial charge on any atom is 0.331 e. The van der Waals surface area contributed by atoms with Gasteiger partial charge in [-0.2, -0.15) is 0 Å². The number of urea groups is 1. The van der Waals surface area contributed by atoms with E-state index in [9.17, 15) is 19.2 Å². The number of rotatable bonds is 5. The molecule has 2 atom stereocenters. The summed E-state index contributed by atoms with van der Waals surface area (Å²) in [6.45, 7) is 3.51. The van der Waals surface area contributed by atoms with Crippen LogP contribution in [0.2, 0.25) is 0 Å². The first kappa shape index (κ1) is 14.1. The van der Waals surface area contributed by atoms with Gasteiger partial charge in [0.1, 0.15) is 5.92 Å². The highest BCUT2D eigenvalue weighted by Gasteiger charge is 2.41. The summed E-state index contributed by atoms with van der Waals surface area (Å²) < 4.78 is 0. The molecule has 0 saturated carbocycles. The summed E-state index contributed by atoms with van der Waals surface area (Å²) in [7, 11) is 0. The van der Waals surface area contributed by atoms with E-state index in [1.807, 2.05) is 6.92 Å². The van der Waals surface area contributed by atoms with Gasteiger partial charge in [-0.25, -0.2) is 4.79 Å². The van der Waals surface area contributed by atoms with Crippen molar-refractivity contribution in [3.8, 4) is 0 Å². The maximum atomic E-state index is 12.0. The number of barbiturate groups is 1. The average Bonchev–Trinajstić information content (AvgIpc) is 2.27. The van der Waals surface area contributed by atoms with E-state index >= 15 is 0 Å². The Morgan fingerprint density at radius 1 is 1.44 bits per heavy atom. The first-order chi connectivity index (χ1) is 8.38. The standard InChI is InChI=1S/C11H16N2O5/c1-3-6(2)13-10(17)7(4-5-8(14)15)9(16)12-11(13)18/h6-7H,3-5H2,1-2H3,(H,14,15)(H,12,16,18). The largest absolute Gasteiger partial charge is 0.481 e. The van der Waals surface area contributed by atoms with Gasteiger partial charge in [0, 0.05) is 12.5 Å². The number of aliphatic carboxylic acids is 1. The minimum Gasteiger partial charge on any atom is -0.481 e. The summed E-state index contributed by atoms with van der Waals surface area (Å²) in [5, 5.41) is 10.6.